The Bertz CT molecular complexity index is 646. The number of aromatic nitrogens is 1. The summed E-state index contributed by atoms with van der Waals surface area (Å²) in [6.45, 7) is 0. The van der Waals surface area contributed by atoms with Crippen LogP contribution in [-0.2, 0) is 0 Å². The highest BCUT2D eigenvalue weighted by atomic mass is 16.6. The van der Waals surface area contributed by atoms with Crippen LogP contribution in [0.5, 0.6) is 0 Å². The Hall–Kier alpha value is -2.94. The van der Waals surface area contributed by atoms with Crippen LogP contribution in [0.25, 0.3) is 0 Å². The minimum Gasteiger partial charge on any atom is -0.358 e. The zero-order valence-corrected chi connectivity index (χ0v) is 10.1. The zero-order chi connectivity index (χ0) is 13.8. The lowest BCUT2D eigenvalue weighted by molar-refractivity contribution is -0.389. The Balaban J connectivity index is 2.30. The molecule has 0 unspecified atom stereocenters. The van der Waals surface area contributed by atoms with E-state index in [2.05, 4.69) is 11.1 Å². The van der Waals surface area contributed by atoms with Gasteiger partial charge in [-0.2, -0.15) is 5.26 Å². The number of hydrogen-bond donors (Lipinski definition) is 0. The Morgan fingerprint density at radius 1 is 1.32 bits per heavy atom. The fourth-order valence-electron chi connectivity index (χ4n) is 1.62. The summed E-state index contributed by atoms with van der Waals surface area (Å²) in [7, 11) is 1.80. The molecule has 0 saturated heterocycles. The van der Waals surface area contributed by atoms with E-state index < -0.39 is 4.92 Å². The second-order valence-electron chi connectivity index (χ2n) is 3.85. The molecule has 6 heteroatoms. The lowest BCUT2D eigenvalue weighted by Crippen LogP contribution is -2.10. The molecule has 0 amide bonds. The van der Waals surface area contributed by atoms with Gasteiger partial charge in [-0.25, -0.2) is 0 Å². The SMILES string of the molecule is CN(c1ccc([N+](=O)[O-])nc1)c1cccc(C#N)c1. The molecule has 0 fully saturated rings. The standard InChI is InChI=1S/C13H10N4O2/c1-16(11-4-2-3-10(7-11)8-14)12-5-6-13(15-9-12)17(18)19/h2-7,9H,1H3. The number of rotatable bonds is 3. The maximum atomic E-state index is 10.5. The summed E-state index contributed by atoms with van der Waals surface area (Å²) >= 11 is 0. The van der Waals surface area contributed by atoms with Crippen LogP contribution in [-0.4, -0.2) is 17.0 Å². The van der Waals surface area contributed by atoms with E-state index in [0.29, 0.717) is 11.3 Å². The highest BCUT2D eigenvalue weighted by Gasteiger charge is 2.10. The molecule has 0 aliphatic rings. The van der Waals surface area contributed by atoms with E-state index in [1.54, 1.807) is 36.2 Å². The van der Waals surface area contributed by atoms with Crippen molar-refractivity contribution in [3.63, 3.8) is 0 Å². The van der Waals surface area contributed by atoms with Crippen molar-refractivity contribution >= 4 is 17.2 Å². The Kier molecular flexibility index (Phi) is 3.39. The summed E-state index contributed by atoms with van der Waals surface area (Å²) in [4.78, 5) is 15.6. The molecule has 0 radical (unpaired) electrons. The summed E-state index contributed by atoms with van der Waals surface area (Å²) < 4.78 is 0. The first-order valence-corrected chi connectivity index (χ1v) is 5.46. The number of benzene rings is 1. The van der Waals surface area contributed by atoms with E-state index in [0.717, 1.165) is 5.69 Å². The van der Waals surface area contributed by atoms with Gasteiger partial charge in [0.1, 0.15) is 0 Å². The van der Waals surface area contributed by atoms with Crippen molar-refractivity contribution in [2.45, 2.75) is 0 Å². The quantitative estimate of drug-likeness (QED) is 0.621. The molecule has 0 bridgehead atoms. The molecule has 0 aliphatic carbocycles. The van der Waals surface area contributed by atoms with Crippen molar-refractivity contribution in [3.05, 3.63) is 58.3 Å². The van der Waals surface area contributed by atoms with E-state index in [1.807, 2.05) is 6.07 Å². The molecular weight excluding hydrogens is 244 g/mol. The van der Waals surface area contributed by atoms with Crippen LogP contribution in [0.4, 0.5) is 17.2 Å². The first kappa shape index (κ1) is 12.5. The van der Waals surface area contributed by atoms with Gasteiger partial charge in [0.2, 0.25) is 0 Å². The number of nitrogens with zero attached hydrogens (tertiary/aromatic N) is 4. The van der Waals surface area contributed by atoms with E-state index in [1.165, 1.54) is 12.3 Å². The molecule has 1 aromatic carbocycles. The molecule has 0 aliphatic heterocycles. The second-order valence-corrected chi connectivity index (χ2v) is 3.85. The summed E-state index contributed by atoms with van der Waals surface area (Å²) in [5, 5.41) is 19.4. The third-order valence-corrected chi connectivity index (χ3v) is 2.67. The molecule has 1 aromatic heterocycles. The summed E-state index contributed by atoms with van der Waals surface area (Å²) in [6.07, 6.45) is 1.43. The highest BCUT2D eigenvalue weighted by Crippen LogP contribution is 2.24. The maximum Gasteiger partial charge on any atom is 0.363 e. The van der Waals surface area contributed by atoms with Crippen molar-refractivity contribution in [1.82, 2.24) is 4.98 Å². The van der Waals surface area contributed by atoms with Gasteiger partial charge < -0.3 is 15.0 Å². The van der Waals surface area contributed by atoms with Crippen molar-refractivity contribution in [1.29, 1.82) is 5.26 Å². The van der Waals surface area contributed by atoms with Crippen LogP contribution in [0.1, 0.15) is 5.56 Å². The van der Waals surface area contributed by atoms with E-state index in [4.69, 9.17) is 5.26 Å². The van der Waals surface area contributed by atoms with Gasteiger partial charge in [0.25, 0.3) is 0 Å². The maximum absolute atomic E-state index is 10.5. The molecule has 19 heavy (non-hydrogen) atoms. The minimum absolute atomic E-state index is 0.192. The molecule has 6 nitrogen and oxygen atoms in total. The average molecular weight is 254 g/mol. The fourth-order valence-corrected chi connectivity index (χ4v) is 1.62. The van der Waals surface area contributed by atoms with Crippen molar-refractivity contribution in [2.24, 2.45) is 0 Å². The topological polar surface area (TPSA) is 83.1 Å². The van der Waals surface area contributed by atoms with Crippen molar-refractivity contribution in [3.8, 4) is 6.07 Å². The lowest BCUT2D eigenvalue weighted by atomic mass is 10.2. The zero-order valence-electron chi connectivity index (χ0n) is 10.1. The summed E-state index contributed by atoms with van der Waals surface area (Å²) in [5.41, 5.74) is 2.08. The van der Waals surface area contributed by atoms with Gasteiger partial charge in [0, 0.05) is 18.8 Å². The molecule has 0 atom stereocenters. The number of nitriles is 1. The molecule has 0 saturated carbocycles. The van der Waals surface area contributed by atoms with Crippen LogP contribution >= 0.6 is 0 Å². The van der Waals surface area contributed by atoms with Crippen LogP contribution in [0, 0.1) is 21.4 Å². The monoisotopic (exact) mass is 254 g/mol. The normalized spacial score (nSPS) is 9.68. The molecule has 94 valence electrons. The smallest absolute Gasteiger partial charge is 0.358 e. The second kappa shape index (κ2) is 5.14. The number of pyridine rings is 1. The van der Waals surface area contributed by atoms with Crippen molar-refractivity contribution < 1.29 is 4.92 Å². The molecule has 2 aromatic rings. The summed E-state index contributed by atoms with van der Waals surface area (Å²) in [5.74, 6) is -0.192. The van der Waals surface area contributed by atoms with Crippen LogP contribution in [0.15, 0.2) is 42.6 Å². The number of nitro groups is 1. The van der Waals surface area contributed by atoms with Gasteiger partial charge in [0.05, 0.1) is 17.3 Å². The predicted octanol–water partition coefficient (Wildman–Crippen LogP) is 2.63. The third kappa shape index (κ3) is 2.66. The van der Waals surface area contributed by atoms with E-state index in [9.17, 15) is 10.1 Å². The molecule has 0 N–H and O–H groups in total. The summed E-state index contributed by atoms with van der Waals surface area (Å²) in [6, 6.07) is 12.1. The first-order chi connectivity index (χ1) is 9.11. The van der Waals surface area contributed by atoms with Crippen molar-refractivity contribution in [2.75, 3.05) is 11.9 Å². The van der Waals surface area contributed by atoms with Crippen LogP contribution < -0.4 is 4.90 Å². The third-order valence-electron chi connectivity index (χ3n) is 2.67. The molecular formula is C13H10N4O2. The predicted molar refractivity (Wildman–Crippen MR) is 70.1 cm³/mol. The Labute approximate surface area is 109 Å². The molecule has 2 rings (SSSR count). The van der Waals surface area contributed by atoms with Crippen LogP contribution in [0.2, 0.25) is 0 Å². The van der Waals surface area contributed by atoms with Gasteiger partial charge in [-0.05, 0) is 34.2 Å². The largest absolute Gasteiger partial charge is 0.363 e. The van der Waals surface area contributed by atoms with E-state index >= 15 is 0 Å². The Morgan fingerprint density at radius 3 is 2.68 bits per heavy atom. The van der Waals surface area contributed by atoms with Gasteiger partial charge >= 0.3 is 5.82 Å². The number of hydrogen-bond acceptors (Lipinski definition) is 5. The van der Waals surface area contributed by atoms with Gasteiger partial charge in [0.15, 0.2) is 6.20 Å². The number of anilines is 2. The first-order valence-electron chi connectivity index (χ1n) is 5.46. The molecule has 1 heterocycles. The van der Waals surface area contributed by atoms with E-state index in [-0.39, 0.29) is 5.82 Å². The lowest BCUT2D eigenvalue weighted by Gasteiger charge is -2.17. The average Bonchev–Trinajstić information content (AvgIpc) is 2.46. The van der Waals surface area contributed by atoms with Gasteiger partial charge in [-0.3, -0.25) is 0 Å². The Morgan fingerprint density at radius 2 is 2.11 bits per heavy atom. The van der Waals surface area contributed by atoms with Crippen LogP contribution in [0.3, 0.4) is 0 Å². The van der Waals surface area contributed by atoms with Gasteiger partial charge in [-0.15, -0.1) is 0 Å². The minimum atomic E-state index is -0.542. The molecule has 0 spiro atoms. The van der Waals surface area contributed by atoms with Gasteiger partial charge in [-0.1, -0.05) is 6.07 Å². The fraction of sp³-hybridized carbons (Fsp3) is 0.0769. The highest BCUT2D eigenvalue weighted by molar-refractivity contribution is 5.63.